The third kappa shape index (κ3) is 3.82. The zero-order valence-electron chi connectivity index (χ0n) is 13.6. The van der Waals surface area contributed by atoms with Crippen molar-refractivity contribution in [1.29, 1.82) is 0 Å². The molecule has 5 heteroatoms. The average molecular weight is 287 g/mol. The van der Waals surface area contributed by atoms with E-state index in [0.29, 0.717) is 0 Å². The van der Waals surface area contributed by atoms with Crippen molar-refractivity contribution in [2.24, 2.45) is 0 Å². The van der Waals surface area contributed by atoms with Gasteiger partial charge in [0.1, 0.15) is 5.82 Å². The number of H-pyrrole nitrogens is 1. The number of hydrogen-bond donors (Lipinski definition) is 2. The van der Waals surface area contributed by atoms with Gasteiger partial charge in [-0.25, -0.2) is 4.98 Å². The van der Waals surface area contributed by atoms with Crippen LogP contribution in [0.5, 0.6) is 0 Å². The molecule has 0 aliphatic carbocycles. The molecule has 0 radical (unpaired) electrons. The molecule has 5 nitrogen and oxygen atoms in total. The highest BCUT2D eigenvalue weighted by molar-refractivity contribution is 5.45. The quantitative estimate of drug-likeness (QED) is 0.887. The molecule has 2 rings (SSSR count). The van der Waals surface area contributed by atoms with Gasteiger partial charge in [0.25, 0.3) is 0 Å². The summed E-state index contributed by atoms with van der Waals surface area (Å²) in [6.07, 6.45) is 3.73. The number of nitrogens with one attached hydrogen (secondary N) is 2. The van der Waals surface area contributed by atoms with Crippen LogP contribution in [0.15, 0.2) is 24.5 Å². The van der Waals surface area contributed by atoms with E-state index in [1.807, 2.05) is 37.5 Å². The minimum Gasteiger partial charge on any atom is -0.362 e. The summed E-state index contributed by atoms with van der Waals surface area (Å²) in [5.74, 6) is 1.01. The molecule has 0 saturated carbocycles. The molecule has 0 amide bonds. The lowest BCUT2D eigenvalue weighted by Gasteiger charge is -2.19. The summed E-state index contributed by atoms with van der Waals surface area (Å²) in [6, 6.07) is 4.08. The van der Waals surface area contributed by atoms with Crippen LogP contribution in [0.3, 0.4) is 0 Å². The summed E-state index contributed by atoms with van der Waals surface area (Å²) < 4.78 is 0. The van der Waals surface area contributed by atoms with Gasteiger partial charge < -0.3 is 10.2 Å². The number of pyridine rings is 1. The predicted molar refractivity (Wildman–Crippen MR) is 86.4 cm³/mol. The van der Waals surface area contributed by atoms with E-state index in [1.54, 1.807) is 0 Å². The highest BCUT2D eigenvalue weighted by Gasteiger charge is 2.19. The van der Waals surface area contributed by atoms with Crippen molar-refractivity contribution in [3.63, 3.8) is 0 Å². The Bertz CT molecular complexity index is 580. The molecular weight excluding hydrogens is 262 g/mol. The second kappa shape index (κ2) is 6.26. The third-order valence-electron chi connectivity index (χ3n) is 3.39. The average Bonchev–Trinajstić information content (AvgIpc) is 2.87. The maximum Gasteiger partial charge on any atom is 0.132 e. The third-order valence-corrected chi connectivity index (χ3v) is 3.39. The lowest BCUT2D eigenvalue weighted by molar-refractivity contribution is 0.553. The fourth-order valence-corrected chi connectivity index (χ4v) is 2.40. The molecule has 2 heterocycles. The molecule has 0 bridgehead atoms. The van der Waals surface area contributed by atoms with Crippen LogP contribution in [0.1, 0.15) is 37.6 Å². The van der Waals surface area contributed by atoms with Gasteiger partial charge in [-0.2, -0.15) is 5.10 Å². The van der Waals surface area contributed by atoms with E-state index in [2.05, 4.69) is 47.3 Å². The molecule has 2 aromatic rings. The molecule has 0 aliphatic heterocycles. The van der Waals surface area contributed by atoms with Gasteiger partial charge in [0.05, 0.1) is 6.20 Å². The van der Waals surface area contributed by atoms with E-state index in [9.17, 15) is 0 Å². The smallest absolute Gasteiger partial charge is 0.132 e. The van der Waals surface area contributed by atoms with E-state index in [-0.39, 0.29) is 5.41 Å². The molecule has 0 atom stereocenters. The Morgan fingerprint density at radius 2 is 1.90 bits per heavy atom. The van der Waals surface area contributed by atoms with Crippen LogP contribution in [0.25, 0.3) is 0 Å². The first-order valence-corrected chi connectivity index (χ1v) is 7.24. The zero-order valence-corrected chi connectivity index (χ0v) is 13.6. The van der Waals surface area contributed by atoms with Crippen molar-refractivity contribution in [3.05, 3.63) is 41.3 Å². The standard InChI is InChI=1S/C16H25N5/c1-16(2,3)14-13(11-19-20-14)10-17-9-12-7-6-8-18-15(12)21(4)5/h6-8,11,17H,9-10H2,1-5H3,(H,19,20). The van der Waals surface area contributed by atoms with Gasteiger partial charge in [-0.3, -0.25) is 5.10 Å². The first-order chi connectivity index (χ1) is 9.89. The number of aromatic nitrogens is 3. The highest BCUT2D eigenvalue weighted by atomic mass is 15.1. The van der Waals surface area contributed by atoms with Crippen molar-refractivity contribution in [3.8, 4) is 0 Å². The van der Waals surface area contributed by atoms with E-state index < -0.39 is 0 Å². The van der Waals surface area contributed by atoms with Gasteiger partial charge >= 0.3 is 0 Å². The van der Waals surface area contributed by atoms with Crippen LogP contribution < -0.4 is 10.2 Å². The van der Waals surface area contributed by atoms with E-state index in [0.717, 1.165) is 18.9 Å². The fourth-order valence-electron chi connectivity index (χ4n) is 2.40. The Balaban J connectivity index is 2.01. The van der Waals surface area contributed by atoms with Gasteiger partial charge in [-0.1, -0.05) is 26.8 Å². The number of hydrogen-bond acceptors (Lipinski definition) is 4. The second-order valence-electron chi connectivity index (χ2n) is 6.50. The maximum absolute atomic E-state index is 4.42. The monoisotopic (exact) mass is 287 g/mol. The molecule has 0 aliphatic rings. The van der Waals surface area contributed by atoms with Crippen LogP contribution in [-0.4, -0.2) is 29.3 Å². The molecule has 0 unspecified atom stereocenters. The van der Waals surface area contributed by atoms with Crippen molar-refractivity contribution in [2.45, 2.75) is 39.3 Å². The van der Waals surface area contributed by atoms with E-state index in [4.69, 9.17) is 0 Å². The molecule has 114 valence electrons. The predicted octanol–water partition coefficient (Wildman–Crippen LogP) is 2.46. The second-order valence-corrected chi connectivity index (χ2v) is 6.50. The highest BCUT2D eigenvalue weighted by Crippen LogP contribution is 2.23. The lowest BCUT2D eigenvalue weighted by Crippen LogP contribution is -2.20. The van der Waals surface area contributed by atoms with Gasteiger partial charge in [-0.15, -0.1) is 0 Å². The van der Waals surface area contributed by atoms with Crippen molar-refractivity contribution in [2.75, 3.05) is 19.0 Å². The van der Waals surface area contributed by atoms with Gasteiger partial charge in [0, 0.05) is 55.6 Å². The van der Waals surface area contributed by atoms with Crippen LogP contribution in [-0.2, 0) is 18.5 Å². The Hall–Kier alpha value is -1.88. The Labute approximate surface area is 126 Å². The largest absolute Gasteiger partial charge is 0.362 e. The zero-order chi connectivity index (χ0) is 15.5. The molecule has 0 fully saturated rings. The SMILES string of the molecule is CN(C)c1ncccc1CNCc1cn[nH]c1C(C)(C)C. The Morgan fingerprint density at radius 1 is 1.19 bits per heavy atom. The topological polar surface area (TPSA) is 56.8 Å². The molecule has 0 saturated heterocycles. The molecule has 0 spiro atoms. The summed E-state index contributed by atoms with van der Waals surface area (Å²) in [6.45, 7) is 8.15. The first-order valence-electron chi connectivity index (χ1n) is 7.24. The van der Waals surface area contributed by atoms with Crippen molar-refractivity contribution < 1.29 is 0 Å². The molecular formula is C16H25N5. The van der Waals surface area contributed by atoms with E-state index in [1.165, 1.54) is 16.8 Å². The number of anilines is 1. The summed E-state index contributed by atoms with van der Waals surface area (Å²) in [5, 5.41) is 10.8. The minimum absolute atomic E-state index is 0.0800. The van der Waals surface area contributed by atoms with Crippen molar-refractivity contribution >= 4 is 5.82 Å². The minimum atomic E-state index is 0.0800. The summed E-state index contributed by atoms with van der Waals surface area (Å²) in [5.41, 5.74) is 3.69. The maximum atomic E-state index is 4.42. The normalized spacial score (nSPS) is 11.7. The number of nitrogens with zero attached hydrogens (tertiary/aromatic N) is 3. The van der Waals surface area contributed by atoms with Gasteiger partial charge in [-0.05, 0) is 6.07 Å². The van der Waals surface area contributed by atoms with E-state index >= 15 is 0 Å². The molecule has 2 aromatic heterocycles. The summed E-state index contributed by atoms with van der Waals surface area (Å²) in [7, 11) is 4.03. The number of rotatable bonds is 5. The fraction of sp³-hybridized carbons (Fsp3) is 0.500. The Morgan fingerprint density at radius 3 is 2.57 bits per heavy atom. The van der Waals surface area contributed by atoms with Crippen molar-refractivity contribution in [1.82, 2.24) is 20.5 Å². The van der Waals surface area contributed by atoms with Gasteiger partial charge in [0.2, 0.25) is 0 Å². The molecule has 21 heavy (non-hydrogen) atoms. The Kier molecular flexibility index (Phi) is 4.63. The first kappa shape index (κ1) is 15.5. The lowest BCUT2D eigenvalue weighted by atomic mass is 9.89. The summed E-state index contributed by atoms with van der Waals surface area (Å²) in [4.78, 5) is 6.46. The molecule has 0 aromatic carbocycles. The van der Waals surface area contributed by atoms with Crippen LogP contribution >= 0.6 is 0 Å². The summed E-state index contributed by atoms with van der Waals surface area (Å²) >= 11 is 0. The van der Waals surface area contributed by atoms with Crippen LogP contribution in [0, 0.1) is 0 Å². The number of aromatic amines is 1. The molecule has 2 N–H and O–H groups in total. The van der Waals surface area contributed by atoms with Crippen LogP contribution in [0.2, 0.25) is 0 Å². The van der Waals surface area contributed by atoms with Crippen LogP contribution in [0.4, 0.5) is 5.82 Å². The van der Waals surface area contributed by atoms with Gasteiger partial charge in [0.15, 0.2) is 0 Å².